The summed E-state index contributed by atoms with van der Waals surface area (Å²) in [7, 11) is 2.11. The molecule has 21 heavy (non-hydrogen) atoms. The quantitative estimate of drug-likeness (QED) is 0.864. The zero-order valence-corrected chi connectivity index (χ0v) is 12.3. The molecule has 5 heteroatoms. The zero-order valence-electron chi connectivity index (χ0n) is 12.3. The summed E-state index contributed by atoms with van der Waals surface area (Å²) in [4.78, 5) is 26.0. The van der Waals surface area contributed by atoms with Gasteiger partial charge >= 0.3 is 0 Å². The molecule has 0 aliphatic carbocycles. The van der Waals surface area contributed by atoms with E-state index in [0.717, 1.165) is 37.2 Å². The van der Waals surface area contributed by atoms with Crippen LogP contribution in [0.3, 0.4) is 0 Å². The SMILES string of the molecule is CN1CCC(NC(=O)c2ccc3c(c2)CCC(=O)N3)CC1. The van der Waals surface area contributed by atoms with Crippen LogP contribution in [0.25, 0.3) is 0 Å². The van der Waals surface area contributed by atoms with Crippen molar-refractivity contribution in [2.75, 3.05) is 25.5 Å². The number of piperidine rings is 1. The predicted molar refractivity (Wildman–Crippen MR) is 81.4 cm³/mol. The van der Waals surface area contributed by atoms with E-state index in [9.17, 15) is 9.59 Å². The van der Waals surface area contributed by atoms with E-state index in [1.54, 1.807) is 6.07 Å². The lowest BCUT2D eigenvalue weighted by atomic mass is 9.99. The molecular weight excluding hydrogens is 266 g/mol. The Labute approximate surface area is 124 Å². The molecule has 0 bridgehead atoms. The number of aryl methyl sites for hydroxylation is 1. The summed E-state index contributed by atoms with van der Waals surface area (Å²) in [6, 6.07) is 5.79. The van der Waals surface area contributed by atoms with Crippen molar-refractivity contribution >= 4 is 17.5 Å². The Morgan fingerprint density at radius 3 is 2.81 bits per heavy atom. The number of fused-ring (bicyclic) bond motifs is 1. The average molecular weight is 287 g/mol. The fraction of sp³-hybridized carbons (Fsp3) is 0.500. The minimum Gasteiger partial charge on any atom is -0.349 e. The van der Waals surface area contributed by atoms with Gasteiger partial charge in [0.15, 0.2) is 0 Å². The number of carbonyl (C=O) groups excluding carboxylic acids is 2. The number of anilines is 1. The summed E-state index contributed by atoms with van der Waals surface area (Å²) in [5.41, 5.74) is 2.57. The molecule has 0 saturated carbocycles. The maximum absolute atomic E-state index is 12.3. The predicted octanol–water partition coefficient (Wildman–Crippen LogP) is 1.40. The summed E-state index contributed by atoms with van der Waals surface area (Å²) in [6.45, 7) is 2.06. The van der Waals surface area contributed by atoms with E-state index < -0.39 is 0 Å². The third-order valence-electron chi connectivity index (χ3n) is 4.32. The summed E-state index contributed by atoms with van der Waals surface area (Å²) in [5.74, 6) is 0.0373. The maximum Gasteiger partial charge on any atom is 0.251 e. The summed E-state index contributed by atoms with van der Waals surface area (Å²) in [6.07, 6.45) is 3.20. The van der Waals surface area contributed by atoms with Gasteiger partial charge in [-0.1, -0.05) is 0 Å². The van der Waals surface area contributed by atoms with Crippen molar-refractivity contribution in [3.63, 3.8) is 0 Å². The molecular formula is C16H21N3O2. The molecule has 0 radical (unpaired) electrons. The highest BCUT2D eigenvalue weighted by Gasteiger charge is 2.20. The van der Waals surface area contributed by atoms with Crippen molar-refractivity contribution in [3.05, 3.63) is 29.3 Å². The third kappa shape index (κ3) is 3.24. The van der Waals surface area contributed by atoms with Crippen LogP contribution in [0.5, 0.6) is 0 Å². The number of nitrogens with zero attached hydrogens (tertiary/aromatic N) is 1. The first kappa shape index (κ1) is 14.1. The van der Waals surface area contributed by atoms with Gasteiger partial charge in [0.1, 0.15) is 0 Å². The fourth-order valence-corrected chi connectivity index (χ4v) is 2.95. The Morgan fingerprint density at radius 2 is 2.05 bits per heavy atom. The summed E-state index contributed by atoms with van der Waals surface area (Å²) in [5, 5.41) is 5.95. The topological polar surface area (TPSA) is 61.4 Å². The van der Waals surface area contributed by atoms with Gasteiger partial charge in [-0.25, -0.2) is 0 Å². The fourth-order valence-electron chi connectivity index (χ4n) is 2.95. The lowest BCUT2D eigenvalue weighted by Gasteiger charge is -2.29. The van der Waals surface area contributed by atoms with E-state index in [4.69, 9.17) is 0 Å². The lowest BCUT2D eigenvalue weighted by Crippen LogP contribution is -2.43. The van der Waals surface area contributed by atoms with Gasteiger partial charge in [-0.05, 0) is 63.2 Å². The number of hydrogen-bond acceptors (Lipinski definition) is 3. The molecule has 2 N–H and O–H groups in total. The number of nitrogens with one attached hydrogen (secondary N) is 2. The van der Waals surface area contributed by atoms with Crippen LogP contribution in [0.4, 0.5) is 5.69 Å². The molecule has 2 aliphatic heterocycles. The molecule has 3 rings (SSSR count). The first-order chi connectivity index (χ1) is 10.1. The van der Waals surface area contributed by atoms with E-state index in [1.807, 2.05) is 12.1 Å². The van der Waals surface area contributed by atoms with Gasteiger partial charge in [-0.3, -0.25) is 9.59 Å². The van der Waals surface area contributed by atoms with Crippen LogP contribution >= 0.6 is 0 Å². The average Bonchev–Trinajstić information content (AvgIpc) is 2.49. The highest BCUT2D eigenvalue weighted by Crippen LogP contribution is 2.23. The molecule has 2 aliphatic rings. The molecule has 1 aromatic carbocycles. The Morgan fingerprint density at radius 1 is 1.29 bits per heavy atom. The second-order valence-corrected chi connectivity index (χ2v) is 5.97. The standard InChI is InChI=1S/C16H21N3O2/c1-19-8-6-13(7-9-19)17-16(21)12-2-4-14-11(10-12)3-5-15(20)18-14/h2,4,10,13H,3,5-9H2,1H3,(H,17,21)(H,18,20). The highest BCUT2D eigenvalue weighted by molar-refractivity contribution is 5.98. The van der Waals surface area contributed by atoms with Gasteiger partial charge in [0.2, 0.25) is 5.91 Å². The van der Waals surface area contributed by atoms with E-state index in [0.29, 0.717) is 18.4 Å². The molecule has 2 amide bonds. The van der Waals surface area contributed by atoms with Crippen molar-refractivity contribution in [2.45, 2.75) is 31.7 Å². The van der Waals surface area contributed by atoms with Gasteiger partial charge in [-0.2, -0.15) is 0 Å². The zero-order chi connectivity index (χ0) is 14.8. The normalized spacial score (nSPS) is 19.8. The van der Waals surface area contributed by atoms with Crippen LogP contribution in [-0.2, 0) is 11.2 Å². The number of amides is 2. The second kappa shape index (κ2) is 5.85. The number of benzene rings is 1. The minimum atomic E-state index is -0.00995. The number of hydrogen-bond donors (Lipinski definition) is 2. The van der Waals surface area contributed by atoms with E-state index in [1.165, 1.54) is 0 Å². The Kier molecular flexibility index (Phi) is 3.92. The van der Waals surface area contributed by atoms with Crippen LogP contribution in [0.2, 0.25) is 0 Å². The lowest BCUT2D eigenvalue weighted by molar-refractivity contribution is -0.116. The van der Waals surface area contributed by atoms with Crippen molar-refractivity contribution in [1.29, 1.82) is 0 Å². The number of rotatable bonds is 2. The molecule has 0 atom stereocenters. The molecule has 2 heterocycles. The Hall–Kier alpha value is -1.88. The van der Waals surface area contributed by atoms with Crippen LogP contribution in [-0.4, -0.2) is 42.9 Å². The highest BCUT2D eigenvalue weighted by atomic mass is 16.2. The first-order valence-electron chi connectivity index (χ1n) is 7.54. The van der Waals surface area contributed by atoms with E-state index in [-0.39, 0.29) is 17.9 Å². The van der Waals surface area contributed by atoms with Crippen molar-refractivity contribution in [3.8, 4) is 0 Å². The number of likely N-dealkylation sites (tertiary alicyclic amines) is 1. The molecule has 0 aromatic heterocycles. The number of carbonyl (C=O) groups is 2. The minimum absolute atomic E-state index is 0.00995. The first-order valence-corrected chi connectivity index (χ1v) is 7.54. The smallest absolute Gasteiger partial charge is 0.251 e. The molecule has 112 valence electrons. The molecule has 1 fully saturated rings. The Balaban J connectivity index is 1.66. The van der Waals surface area contributed by atoms with Crippen LogP contribution in [0.15, 0.2) is 18.2 Å². The summed E-state index contributed by atoms with van der Waals surface area (Å²) >= 11 is 0. The second-order valence-electron chi connectivity index (χ2n) is 5.97. The van der Waals surface area contributed by atoms with E-state index in [2.05, 4.69) is 22.6 Å². The van der Waals surface area contributed by atoms with Gasteiger partial charge < -0.3 is 15.5 Å². The Bertz CT molecular complexity index is 563. The molecule has 5 nitrogen and oxygen atoms in total. The van der Waals surface area contributed by atoms with Gasteiger partial charge in [0.05, 0.1) is 0 Å². The van der Waals surface area contributed by atoms with Crippen molar-refractivity contribution < 1.29 is 9.59 Å². The van der Waals surface area contributed by atoms with Gasteiger partial charge in [-0.15, -0.1) is 0 Å². The van der Waals surface area contributed by atoms with Gasteiger partial charge in [0.25, 0.3) is 5.91 Å². The van der Waals surface area contributed by atoms with Crippen LogP contribution in [0, 0.1) is 0 Å². The largest absolute Gasteiger partial charge is 0.349 e. The molecule has 0 spiro atoms. The maximum atomic E-state index is 12.3. The van der Waals surface area contributed by atoms with Crippen LogP contribution < -0.4 is 10.6 Å². The van der Waals surface area contributed by atoms with Crippen molar-refractivity contribution in [2.24, 2.45) is 0 Å². The van der Waals surface area contributed by atoms with Crippen molar-refractivity contribution in [1.82, 2.24) is 10.2 Å². The molecule has 0 unspecified atom stereocenters. The molecule has 1 aromatic rings. The van der Waals surface area contributed by atoms with Gasteiger partial charge in [0, 0.05) is 23.7 Å². The van der Waals surface area contributed by atoms with E-state index >= 15 is 0 Å². The monoisotopic (exact) mass is 287 g/mol. The third-order valence-corrected chi connectivity index (χ3v) is 4.32. The van der Waals surface area contributed by atoms with Crippen LogP contribution in [0.1, 0.15) is 35.2 Å². The summed E-state index contributed by atoms with van der Waals surface area (Å²) < 4.78 is 0. The molecule has 1 saturated heterocycles.